The number of carboxylic acid groups (broad SMARTS) is 1. The minimum Gasteiger partial charge on any atom is -0.478 e. The molecule has 110 valence electrons. The average Bonchev–Trinajstić information content (AvgIpc) is 2.86. The highest BCUT2D eigenvalue weighted by molar-refractivity contribution is 6.16. The molecular formula is C16H13N3O3. The number of carbonyl (C=O) groups is 1. The van der Waals surface area contributed by atoms with Crippen molar-refractivity contribution in [2.45, 2.75) is 0 Å². The van der Waals surface area contributed by atoms with Gasteiger partial charge in [-0.3, -0.25) is 0 Å². The van der Waals surface area contributed by atoms with E-state index in [1.54, 1.807) is 29.8 Å². The summed E-state index contributed by atoms with van der Waals surface area (Å²) in [4.78, 5) is 15.8. The molecule has 0 spiro atoms. The normalized spacial score (nSPS) is 11.8. The average molecular weight is 295 g/mol. The van der Waals surface area contributed by atoms with Crippen LogP contribution < -0.4 is 0 Å². The number of para-hydroxylation sites is 2. The Hall–Kier alpha value is -3.15. The van der Waals surface area contributed by atoms with Gasteiger partial charge in [0.2, 0.25) is 0 Å². The summed E-state index contributed by atoms with van der Waals surface area (Å²) in [6.07, 6.45) is 0. The van der Waals surface area contributed by atoms with Gasteiger partial charge in [-0.2, -0.15) is 0 Å². The van der Waals surface area contributed by atoms with Gasteiger partial charge in [-0.25, -0.2) is 9.78 Å². The summed E-state index contributed by atoms with van der Waals surface area (Å²) in [6, 6.07) is 13.9. The molecule has 3 aromatic rings. The third-order valence-corrected chi connectivity index (χ3v) is 3.51. The van der Waals surface area contributed by atoms with E-state index in [-0.39, 0.29) is 11.3 Å². The van der Waals surface area contributed by atoms with Crippen molar-refractivity contribution in [1.29, 1.82) is 0 Å². The molecule has 0 unspecified atom stereocenters. The van der Waals surface area contributed by atoms with E-state index in [0.29, 0.717) is 11.4 Å². The number of nitrogens with zero attached hydrogens (tertiary/aromatic N) is 3. The van der Waals surface area contributed by atoms with E-state index in [4.69, 9.17) is 0 Å². The van der Waals surface area contributed by atoms with E-state index in [9.17, 15) is 15.1 Å². The Morgan fingerprint density at radius 3 is 2.36 bits per heavy atom. The number of oxime groups is 1. The number of fused-ring (bicyclic) bond motifs is 1. The number of imidazole rings is 1. The van der Waals surface area contributed by atoms with Crippen LogP contribution in [-0.2, 0) is 7.05 Å². The summed E-state index contributed by atoms with van der Waals surface area (Å²) in [5.74, 6) is -0.687. The lowest BCUT2D eigenvalue weighted by Gasteiger charge is -2.08. The summed E-state index contributed by atoms with van der Waals surface area (Å²) in [7, 11) is 1.79. The molecule has 0 aliphatic carbocycles. The number of carboxylic acids is 1. The number of aromatic nitrogens is 2. The molecule has 3 rings (SSSR count). The van der Waals surface area contributed by atoms with Crippen molar-refractivity contribution in [3.63, 3.8) is 0 Å². The van der Waals surface area contributed by atoms with Gasteiger partial charge in [-0.05, 0) is 18.2 Å². The van der Waals surface area contributed by atoms with Crippen LogP contribution in [-0.4, -0.2) is 31.5 Å². The zero-order valence-electron chi connectivity index (χ0n) is 11.8. The molecule has 0 saturated heterocycles. The van der Waals surface area contributed by atoms with E-state index < -0.39 is 5.97 Å². The summed E-state index contributed by atoms with van der Waals surface area (Å²) >= 11 is 0. The number of aryl methyl sites for hydroxylation is 1. The maximum atomic E-state index is 11.4. The molecule has 0 amide bonds. The smallest absolute Gasteiger partial charge is 0.336 e. The zero-order chi connectivity index (χ0) is 15.7. The van der Waals surface area contributed by atoms with Gasteiger partial charge < -0.3 is 14.9 Å². The molecule has 1 heterocycles. The maximum Gasteiger partial charge on any atom is 0.336 e. The first kappa shape index (κ1) is 13.8. The number of rotatable bonds is 3. The van der Waals surface area contributed by atoms with Gasteiger partial charge in [0.25, 0.3) is 0 Å². The quantitative estimate of drug-likeness (QED) is 0.441. The Labute approximate surface area is 126 Å². The van der Waals surface area contributed by atoms with Crippen molar-refractivity contribution in [1.82, 2.24) is 9.55 Å². The summed E-state index contributed by atoms with van der Waals surface area (Å²) in [5.41, 5.74) is 2.11. The van der Waals surface area contributed by atoms with Crippen LogP contribution in [0.5, 0.6) is 0 Å². The molecule has 6 heteroatoms. The topological polar surface area (TPSA) is 87.7 Å². The fraction of sp³-hybridized carbons (Fsp3) is 0.0625. The van der Waals surface area contributed by atoms with Crippen LogP contribution >= 0.6 is 0 Å². The van der Waals surface area contributed by atoms with Crippen LogP contribution in [0.2, 0.25) is 0 Å². The standard InChI is InChI=1S/C16H13N3O3/c1-19-13-9-5-4-8-12(13)17-15(19)14(18-22)10-6-2-3-7-11(10)16(20)21/h2-9,22H,1H3,(H,20,21)/b18-14-. The maximum absolute atomic E-state index is 11.4. The zero-order valence-corrected chi connectivity index (χ0v) is 11.8. The molecule has 2 aromatic carbocycles. The minimum absolute atomic E-state index is 0.0577. The Balaban J connectivity index is 2.24. The number of benzene rings is 2. The lowest BCUT2D eigenvalue weighted by Crippen LogP contribution is -2.15. The van der Waals surface area contributed by atoms with Crippen molar-refractivity contribution < 1.29 is 15.1 Å². The van der Waals surface area contributed by atoms with Crippen LogP contribution in [0.15, 0.2) is 53.7 Å². The van der Waals surface area contributed by atoms with Crippen LogP contribution in [0.25, 0.3) is 11.0 Å². The Morgan fingerprint density at radius 1 is 1.09 bits per heavy atom. The number of aromatic carboxylic acids is 1. The molecule has 0 atom stereocenters. The van der Waals surface area contributed by atoms with E-state index in [2.05, 4.69) is 10.1 Å². The van der Waals surface area contributed by atoms with Crippen molar-refractivity contribution in [3.05, 3.63) is 65.5 Å². The molecule has 6 nitrogen and oxygen atoms in total. The summed E-state index contributed by atoms with van der Waals surface area (Å²) in [5, 5.41) is 22.0. The van der Waals surface area contributed by atoms with E-state index in [1.165, 1.54) is 6.07 Å². The Morgan fingerprint density at radius 2 is 1.73 bits per heavy atom. The van der Waals surface area contributed by atoms with Gasteiger partial charge in [0, 0.05) is 12.6 Å². The second-order valence-corrected chi connectivity index (χ2v) is 4.78. The van der Waals surface area contributed by atoms with Gasteiger partial charge >= 0.3 is 5.97 Å². The Bertz CT molecular complexity index is 897. The SMILES string of the molecule is Cn1c(/C(=N\O)c2ccccc2C(=O)O)nc2ccccc21. The third kappa shape index (κ3) is 2.10. The monoisotopic (exact) mass is 295 g/mol. The van der Waals surface area contributed by atoms with Crippen molar-refractivity contribution >= 4 is 22.7 Å². The van der Waals surface area contributed by atoms with Crippen LogP contribution in [0.3, 0.4) is 0 Å². The predicted molar refractivity (Wildman–Crippen MR) is 81.5 cm³/mol. The fourth-order valence-corrected chi connectivity index (χ4v) is 2.45. The largest absolute Gasteiger partial charge is 0.478 e. The van der Waals surface area contributed by atoms with Crippen molar-refractivity contribution in [2.75, 3.05) is 0 Å². The highest BCUT2D eigenvalue weighted by atomic mass is 16.4. The second kappa shape index (κ2) is 5.33. The van der Waals surface area contributed by atoms with E-state index in [0.717, 1.165) is 11.0 Å². The molecule has 0 fully saturated rings. The second-order valence-electron chi connectivity index (χ2n) is 4.78. The first-order valence-electron chi connectivity index (χ1n) is 6.60. The third-order valence-electron chi connectivity index (χ3n) is 3.51. The lowest BCUT2D eigenvalue weighted by molar-refractivity contribution is 0.0696. The molecule has 2 N–H and O–H groups in total. The summed E-state index contributed by atoms with van der Waals surface area (Å²) < 4.78 is 1.77. The number of hydrogen-bond donors (Lipinski definition) is 2. The van der Waals surface area contributed by atoms with Gasteiger partial charge in [0.05, 0.1) is 16.6 Å². The predicted octanol–water partition coefficient (Wildman–Crippen LogP) is 2.50. The molecule has 0 bridgehead atoms. The van der Waals surface area contributed by atoms with Gasteiger partial charge in [-0.15, -0.1) is 0 Å². The van der Waals surface area contributed by atoms with Crippen molar-refractivity contribution in [3.8, 4) is 0 Å². The van der Waals surface area contributed by atoms with E-state index >= 15 is 0 Å². The van der Waals surface area contributed by atoms with E-state index in [1.807, 2.05) is 24.3 Å². The molecule has 1 aromatic heterocycles. The van der Waals surface area contributed by atoms with Gasteiger partial charge in [0.15, 0.2) is 11.5 Å². The fourth-order valence-electron chi connectivity index (χ4n) is 2.45. The van der Waals surface area contributed by atoms with Crippen LogP contribution in [0, 0.1) is 0 Å². The molecule has 0 aliphatic heterocycles. The lowest BCUT2D eigenvalue weighted by atomic mass is 10.0. The Kier molecular flexibility index (Phi) is 3.34. The summed E-state index contributed by atoms with van der Waals surface area (Å²) in [6.45, 7) is 0. The highest BCUT2D eigenvalue weighted by Gasteiger charge is 2.21. The molecule has 0 aliphatic rings. The molecule has 22 heavy (non-hydrogen) atoms. The first-order valence-corrected chi connectivity index (χ1v) is 6.60. The minimum atomic E-state index is -1.09. The van der Waals surface area contributed by atoms with Gasteiger partial charge in [0.1, 0.15) is 0 Å². The number of hydrogen-bond acceptors (Lipinski definition) is 4. The highest BCUT2D eigenvalue weighted by Crippen LogP contribution is 2.19. The van der Waals surface area contributed by atoms with Crippen LogP contribution in [0.1, 0.15) is 21.7 Å². The molecule has 0 radical (unpaired) electrons. The van der Waals surface area contributed by atoms with Crippen molar-refractivity contribution in [2.24, 2.45) is 12.2 Å². The molecular weight excluding hydrogens is 282 g/mol. The van der Waals surface area contributed by atoms with Gasteiger partial charge in [-0.1, -0.05) is 35.5 Å². The molecule has 0 saturated carbocycles. The van der Waals surface area contributed by atoms with Crippen LogP contribution in [0.4, 0.5) is 0 Å². The first-order chi connectivity index (χ1) is 10.6.